The number of esters is 1. The molecule has 3 rings (SSSR count). The van der Waals surface area contributed by atoms with E-state index < -0.39 is 24.0 Å². The number of benzene rings is 1. The highest BCUT2D eigenvalue weighted by Gasteiger charge is 2.27. The SMILES string of the molecule is COC(=O)[C@H]1CC=CCn2cc(c3ccccc32)CC(=O)N[C@@H](CCCCNC(=N)N)C(=O)N1. The second kappa shape index (κ2) is 11.9. The second-order valence-corrected chi connectivity index (χ2v) is 8.25. The van der Waals surface area contributed by atoms with Gasteiger partial charge in [-0.05, 0) is 37.3 Å². The Labute approximate surface area is 198 Å². The zero-order chi connectivity index (χ0) is 24.5. The van der Waals surface area contributed by atoms with Crippen molar-refractivity contribution < 1.29 is 19.1 Å². The number of para-hydroxylation sites is 1. The van der Waals surface area contributed by atoms with Crippen molar-refractivity contribution in [3.05, 3.63) is 48.2 Å². The van der Waals surface area contributed by atoms with E-state index >= 15 is 0 Å². The maximum absolute atomic E-state index is 13.0. The van der Waals surface area contributed by atoms with Gasteiger partial charge in [0.15, 0.2) is 5.96 Å². The van der Waals surface area contributed by atoms with E-state index in [0.717, 1.165) is 16.5 Å². The highest BCUT2D eigenvalue weighted by molar-refractivity contribution is 5.93. The normalized spacial score (nSPS) is 19.1. The van der Waals surface area contributed by atoms with Gasteiger partial charge >= 0.3 is 5.97 Å². The molecule has 2 bridgehead atoms. The van der Waals surface area contributed by atoms with Crippen LogP contribution in [0.5, 0.6) is 0 Å². The summed E-state index contributed by atoms with van der Waals surface area (Å²) in [4.78, 5) is 38.2. The van der Waals surface area contributed by atoms with Crippen LogP contribution in [0.1, 0.15) is 31.2 Å². The average molecular weight is 469 g/mol. The third kappa shape index (κ3) is 6.60. The van der Waals surface area contributed by atoms with Crippen LogP contribution in [0.2, 0.25) is 0 Å². The lowest BCUT2D eigenvalue weighted by Gasteiger charge is -2.22. The zero-order valence-corrected chi connectivity index (χ0v) is 19.3. The smallest absolute Gasteiger partial charge is 0.328 e. The minimum Gasteiger partial charge on any atom is -0.467 e. The largest absolute Gasteiger partial charge is 0.467 e. The molecule has 10 heteroatoms. The molecule has 0 unspecified atom stereocenters. The minimum absolute atomic E-state index is 0.114. The van der Waals surface area contributed by atoms with Crippen molar-refractivity contribution in [2.24, 2.45) is 5.73 Å². The molecular formula is C24H32N6O4. The van der Waals surface area contributed by atoms with Crippen molar-refractivity contribution in [3.63, 3.8) is 0 Å². The number of allylic oxidation sites excluding steroid dienone is 1. The number of guanidine groups is 1. The van der Waals surface area contributed by atoms with Crippen LogP contribution >= 0.6 is 0 Å². The van der Waals surface area contributed by atoms with E-state index in [0.29, 0.717) is 32.4 Å². The summed E-state index contributed by atoms with van der Waals surface area (Å²) in [5, 5.41) is 16.5. The monoisotopic (exact) mass is 468 g/mol. The fourth-order valence-corrected chi connectivity index (χ4v) is 4.05. The Morgan fingerprint density at radius 2 is 2.03 bits per heavy atom. The van der Waals surface area contributed by atoms with E-state index in [2.05, 4.69) is 20.5 Å². The Kier molecular flexibility index (Phi) is 8.66. The number of carbonyl (C=O) groups excluding carboxylic acids is 3. The van der Waals surface area contributed by atoms with Gasteiger partial charge in [0.05, 0.1) is 13.5 Å². The van der Waals surface area contributed by atoms with Gasteiger partial charge < -0.3 is 31.0 Å². The van der Waals surface area contributed by atoms with E-state index in [4.69, 9.17) is 15.9 Å². The van der Waals surface area contributed by atoms with Crippen LogP contribution in [0, 0.1) is 5.41 Å². The summed E-state index contributed by atoms with van der Waals surface area (Å²) < 4.78 is 6.92. The quantitative estimate of drug-likeness (QED) is 0.140. The number of fused-ring (bicyclic) bond motifs is 5. The number of ether oxygens (including phenoxy) is 1. The molecule has 34 heavy (non-hydrogen) atoms. The van der Waals surface area contributed by atoms with Gasteiger partial charge in [-0.15, -0.1) is 0 Å². The zero-order valence-electron chi connectivity index (χ0n) is 19.3. The number of rotatable bonds is 6. The lowest BCUT2D eigenvalue weighted by Crippen LogP contribution is -2.52. The number of methoxy groups -OCH3 is 1. The summed E-state index contributed by atoms with van der Waals surface area (Å²) in [7, 11) is 1.28. The van der Waals surface area contributed by atoms with Gasteiger partial charge in [-0.25, -0.2) is 4.79 Å². The lowest BCUT2D eigenvalue weighted by atomic mass is 10.1. The van der Waals surface area contributed by atoms with Gasteiger partial charge in [-0.2, -0.15) is 0 Å². The number of nitrogens with zero attached hydrogens (tertiary/aromatic N) is 1. The molecule has 2 heterocycles. The summed E-state index contributed by atoms with van der Waals surface area (Å²) in [6.07, 6.45) is 7.80. The summed E-state index contributed by atoms with van der Waals surface area (Å²) >= 11 is 0. The topological polar surface area (TPSA) is 151 Å². The van der Waals surface area contributed by atoms with Crippen LogP contribution in [-0.2, 0) is 32.1 Å². The minimum atomic E-state index is -0.854. The van der Waals surface area contributed by atoms with Crippen molar-refractivity contribution in [1.29, 1.82) is 5.41 Å². The third-order valence-corrected chi connectivity index (χ3v) is 5.75. The van der Waals surface area contributed by atoms with Crippen LogP contribution in [0.4, 0.5) is 0 Å². The molecule has 2 atom stereocenters. The summed E-state index contributed by atoms with van der Waals surface area (Å²) in [5.41, 5.74) is 7.19. The molecule has 0 radical (unpaired) electrons. The predicted octanol–water partition coefficient (Wildman–Crippen LogP) is 0.940. The molecule has 0 fully saturated rings. The Morgan fingerprint density at radius 3 is 2.79 bits per heavy atom. The van der Waals surface area contributed by atoms with Crippen LogP contribution in [0.3, 0.4) is 0 Å². The van der Waals surface area contributed by atoms with Gasteiger partial charge in [0.25, 0.3) is 0 Å². The average Bonchev–Trinajstić information content (AvgIpc) is 3.15. The van der Waals surface area contributed by atoms with E-state index in [1.165, 1.54) is 7.11 Å². The maximum atomic E-state index is 13.0. The molecule has 6 N–H and O–H groups in total. The van der Waals surface area contributed by atoms with E-state index in [-0.39, 0.29) is 24.7 Å². The molecule has 0 aliphatic carbocycles. The molecule has 2 amide bonds. The van der Waals surface area contributed by atoms with Gasteiger partial charge in [0, 0.05) is 30.2 Å². The molecule has 2 aromatic rings. The third-order valence-electron chi connectivity index (χ3n) is 5.75. The van der Waals surface area contributed by atoms with Crippen molar-refractivity contribution in [3.8, 4) is 0 Å². The van der Waals surface area contributed by atoms with Crippen LogP contribution in [0.15, 0.2) is 42.6 Å². The van der Waals surface area contributed by atoms with Crippen LogP contribution < -0.4 is 21.7 Å². The first-order valence-electron chi connectivity index (χ1n) is 11.4. The molecule has 1 aromatic carbocycles. The Hall–Kier alpha value is -3.82. The van der Waals surface area contributed by atoms with Gasteiger partial charge in [0.1, 0.15) is 12.1 Å². The molecule has 1 aromatic heterocycles. The van der Waals surface area contributed by atoms with Gasteiger partial charge in [0.2, 0.25) is 11.8 Å². The second-order valence-electron chi connectivity index (χ2n) is 8.25. The number of amides is 2. The number of unbranched alkanes of at least 4 members (excludes halogenated alkanes) is 1. The lowest BCUT2D eigenvalue weighted by molar-refractivity contribution is -0.145. The predicted molar refractivity (Wildman–Crippen MR) is 129 cm³/mol. The Bertz CT molecular complexity index is 1080. The molecule has 10 nitrogen and oxygen atoms in total. The number of aromatic nitrogens is 1. The first-order valence-corrected chi connectivity index (χ1v) is 11.4. The van der Waals surface area contributed by atoms with Crippen molar-refractivity contribution in [2.45, 2.75) is 50.7 Å². The van der Waals surface area contributed by atoms with Crippen molar-refractivity contribution >= 4 is 34.6 Å². The first-order chi connectivity index (χ1) is 16.4. The summed E-state index contributed by atoms with van der Waals surface area (Å²) in [6.45, 7) is 1.06. The molecular weight excluding hydrogens is 436 g/mol. The van der Waals surface area contributed by atoms with Gasteiger partial charge in [-0.3, -0.25) is 15.0 Å². The fourth-order valence-electron chi connectivity index (χ4n) is 4.05. The molecule has 182 valence electrons. The molecule has 0 spiro atoms. The molecule has 0 saturated heterocycles. The van der Waals surface area contributed by atoms with Crippen LogP contribution in [-0.4, -0.2) is 54.0 Å². The fraction of sp³-hybridized carbons (Fsp3) is 0.417. The highest BCUT2D eigenvalue weighted by Crippen LogP contribution is 2.22. The summed E-state index contributed by atoms with van der Waals surface area (Å²) in [6, 6.07) is 6.21. The Morgan fingerprint density at radius 1 is 1.24 bits per heavy atom. The van der Waals surface area contributed by atoms with E-state index in [1.807, 2.05) is 42.6 Å². The molecule has 0 saturated carbocycles. The van der Waals surface area contributed by atoms with E-state index in [9.17, 15) is 14.4 Å². The number of nitrogens with one attached hydrogen (secondary N) is 4. The number of nitrogens with two attached hydrogens (primary N) is 1. The summed E-state index contributed by atoms with van der Waals surface area (Å²) in [5.74, 6) is -1.37. The first kappa shape index (κ1) is 24.8. The molecule has 1 aliphatic rings. The van der Waals surface area contributed by atoms with Gasteiger partial charge in [-0.1, -0.05) is 30.4 Å². The number of hydrogen-bond donors (Lipinski definition) is 5. The highest BCUT2D eigenvalue weighted by atomic mass is 16.5. The van der Waals surface area contributed by atoms with Crippen LogP contribution in [0.25, 0.3) is 10.9 Å². The standard InChI is InChI=1S/C24H32N6O4/c1-34-23(33)19-10-5-7-13-30-15-16(17-8-2-3-11-20(17)30)14-21(31)28-18(22(32)29-19)9-4-6-12-27-24(25)26/h2-3,5,7-8,11,15,18-19H,4,6,9-10,12-14H2,1H3,(H,28,31)(H,29,32)(H4,25,26,27)/t18-,19+/m0/s1. The number of hydrogen-bond acceptors (Lipinski definition) is 5. The maximum Gasteiger partial charge on any atom is 0.328 e. The Balaban J connectivity index is 1.84. The molecule has 1 aliphatic heterocycles. The van der Waals surface area contributed by atoms with E-state index in [1.54, 1.807) is 0 Å². The van der Waals surface area contributed by atoms with Crippen molar-refractivity contribution in [2.75, 3.05) is 13.7 Å². The number of carbonyl (C=O) groups is 3. The van der Waals surface area contributed by atoms with Crippen molar-refractivity contribution in [1.82, 2.24) is 20.5 Å².